The van der Waals surface area contributed by atoms with Crippen molar-refractivity contribution in [2.75, 3.05) is 13.1 Å². The highest BCUT2D eigenvalue weighted by Crippen LogP contribution is 2.19. The summed E-state index contributed by atoms with van der Waals surface area (Å²) in [5.74, 6) is 0.342. The number of nitrogens with one attached hydrogen (secondary N) is 1. The highest BCUT2D eigenvalue weighted by atomic mass is 16.2. The van der Waals surface area contributed by atoms with Gasteiger partial charge in [0, 0.05) is 37.0 Å². The van der Waals surface area contributed by atoms with E-state index >= 15 is 0 Å². The number of hydrogen-bond acceptors (Lipinski definition) is 2. The maximum Gasteiger partial charge on any atom is 0.251 e. The first-order valence-corrected chi connectivity index (χ1v) is 7.11. The summed E-state index contributed by atoms with van der Waals surface area (Å²) >= 11 is 0. The lowest BCUT2D eigenvalue weighted by Gasteiger charge is -2.21. The lowest BCUT2D eigenvalue weighted by molar-refractivity contribution is -0.129. The van der Waals surface area contributed by atoms with E-state index in [-0.39, 0.29) is 23.8 Å². The Bertz CT molecular complexity index is 494. The van der Waals surface area contributed by atoms with Crippen molar-refractivity contribution in [2.24, 2.45) is 5.92 Å². The third-order valence-electron chi connectivity index (χ3n) is 3.73. The van der Waals surface area contributed by atoms with Crippen LogP contribution < -0.4 is 5.32 Å². The summed E-state index contributed by atoms with van der Waals surface area (Å²) in [7, 11) is 0. The van der Waals surface area contributed by atoms with Crippen LogP contribution in [0.15, 0.2) is 24.3 Å². The minimum Gasteiger partial charge on any atom is -0.352 e. The Morgan fingerprint density at radius 1 is 1.35 bits per heavy atom. The fraction of sp³-hybridized carbons (Fsp3) is 0.500. The van der Waals surface area contributed by atoms with Crippen LogP contribution in [0.5, 0.6) is 0 Å². The van der Waals surface area contributed by atoms with Gasteiger partial charge in [-0.1, -0.05) is 17.7 Å². The zero-order chi connectivity index (χ0) is 14.7. The zero-order valence-electron chi connectivity index (χ0n) is 12.3. The van der Waals surface area contributed by atoms with Gasteiger partial charge < -0.3 is 10.2 Å². The quantitative estimate of drug-likeness (QED) is 0.912. The summed E-state index contributed by atoms with van der Waals surface area (Å²) < 4.78 is 0. The van der Waals surface area contributed by atoms with E-state index in [0.29, 0.717) is 18.5 Å². The smallest absolute Gasteiger partial charge is 0.251 e. The molecule has 1 aliphatic heterocycles. The summed E-state index contributed by atoms with van der Waals surface area (Å²) in [4.78, 5) is 25.7. The first-order valence-electron chi connectivity index (χ1n) is 7.11. The first-order chi connectivity index (χ1) is 9.47. The van der Waals surface area contributed by atoms with Crippen molar-refractivity contribution < 1.29 is 9.59 Å². The average Bonchev–Trinajstić information content (AvgIpc) is 2.78. The van der Waals surface area contributed by atoms with E-state index in [9.17, 15) is 9.59 Å². The molecule has 1 saturated heterocycles. The molecule has 0 radical (unpaired) electrons. The van der Waals surface area contributed by atoms with E-state index in [1.807, 2.05) is 49.9 Å². The SMILES string of the molecule is Cc1ccc(C(=O)NCC2CC(=O)N(C(C)C)C2)cc1. The van der Waals surface area contributed by atoms with E-state index < -0.39 is 0 Å². The largest absolute Gasteiger partial charge is 0.352 e. The molecule has 4 nitrogen and oxygen atoms in total. The number of nitrogens with zero attached hydrogens (tertiary/aromatic N) is 1. The van der Waals surface area contributed by atoms with Crippen LogP contribution in [0.25, 0.3) is 0 Å². The lowest BCUT2D eigenvalue weighted by Crippen LogP contribution is -2.34. The van der Waals surface area contributed by atoms with E-state index in [0.717, 1.165) is 12.1 Å². The van der Waals surface area contributed by atoms with Gasteiger partial charge in [-0.3, -0.25) is 9.59 Å². The Labute approximate surface area is 120 Å². The molecule has 1 unspecified atom stereocenters. The molecule has 4 heteroatoms. The van der Waals surface area contributed by atoms with Gasteiger partial charge in [0.1, 0.15) is 0 Å². The molecule has 20 heavy (non-hydrogen) atoms. The van der Waals surface area contributed by atoms with Crippen molar-refractivity contribution in [3.05, 3.63) is 35.4 Å². The highest BCUT2D eigenvalue weighted by Gasteiger charge is 2.31. The maximum absolute atomic E-state index is 12.0. The summed E-state index contributed by atoms with van der Waals surface area (Å²) in [6.45, 7) is 7.33. The molecule has 0 aliphatic carbocycles. The van der Waals surface area contributed by atoms with Crippen LogP contribution in [0.2, 0.25) is 0 Å². The molecular weight excluding hydrogens is 252 g/mol. The fourth-order valence-electron chi connectivity index (χ4n) is 2.49. The topological polar surface area (TPSA) is 49.4 Å². The van der Waals surface area contributed by atoms with Gasteiger partial charge >= 0.3 is 0 Å². The van der Waals surface area contributed by atoms with Crippen LogP contribution in [0.3, 0.4) is 0 Å². The van der Waals surface area contributed by atoms with Gasteiger partial charge in [-0.25, -0.2) is 0 Å². The summed E-state index contributed by atoms with van der Waals surface area (Å²) in [5.41, 5.74) is 1.80. The minimum absolute atomic E-state index is 0.0690. The molecule has 0 bridgehead atoms. The van der Waals surface area contributed by atoms with Crippen LogP contribution in [0, 0.1) is 12.8 Å². The van der Waals surface area contributed by atoms with Crippen molar-refractivity contribution >= 4 is 11.8 Å². The summed E-state index contributed by atoms with van der Waals surface area (Å²) in [6, 6.07) is 7.74. The van der Waals surface area contributed by atoms with Crippen molar-refractivity contribution in [3.63, 3.8) is 0 Å². The molecule has 1 aromatic carbocycles. The van der Waals surface area contributed by atoms with Crippen molar-refractivity contribution in [1.82, 2.24) is 10.2 Å². The molecule has 2 amide bonds. The number of amides is 2. The number of likely N-dealkylation sites (tertiary alicyclic amines) is 1. The number of aryl methyl sites for hydroxylation is 1. The molecule has 0 spiro atoms. The number of carbonyl (C=O) groups is 2. The number of carbonyl (C=O) groups excluding carboxylic acids is 2. The van der Waals surface area contributed by atoms with Gasteiger partial charge in [-0.05, 0) is 32.9 Å². The number of hydrogen-bond donors (Lipinski definition) is 1. The lowest BCUT2D eigenvalue weighted by atomic mass is 10.1. The van der Waals surface area contributed by atoms with Crippen molar-refractivity contribution in [3.8, 4) is 0 Å². The number of rotatable bonds is 4. The molecule has 1 atom stereocenters. The van der Waals surface area contributed by atoms with Crippen LogP contribution in [0.4, 0.5) is 0 Å². The molecule has 1 N–H and O–H groups in total. The molecule has 1 aromatic rings. The van der Waals surface area contributed by atoms with Crippen molar-refractivity contribution in [2.45, 2.75) is 33.2 Å². The van der Waals surface area contributed by atoms with Gasteiger partial charge in [0.25, 0.3) is 5.91 Å². The normalized spacial score (nSPS) is 18.7. The second-order valence-electron chi connectivity index (χ2n) is 5.79. The van der Waals surface area contributed by atoms with Crippen LogP contribution in [-0.4, -0.2) is 35.8 Å². The molecule has 0 saturated carbocycles. The Hall–Kier alpha value is -1.84. The third kappa shape index (κ3) is 3.38. The number of benzene rings is 1. The molecular formula is C16H22N2O2. The summed E-state index contributed by atoms with van der Waals surface area (Å²) in [6.07, 6.45) is 0.534. The Morgan fingerprint density at radius 3 is 2.55 bits per heavy atom. The average molecular weight is 274 g/mol. The van der Waals surface area contributed by atoms with Gasteiger partial charge in [0.15, 0.2) is 0 Å². The fourth-order valence-corrected chi connectivity index (χ4v) is 2.49. The molecule has 1 heterocycles. The standard InChI is InChI=1S/C16H22N2O2/c1-11(2)18-10-13(8-15(18)19)9-17-16(20)14-6-4-12(3)5-7-14/h4-7,11,13H,8-10H2,1-3H3,(H,17,20). The van der Waals surface area contributed by atoms with Crippen LogP contribution in [-0.2, 0) is 4.79 Å². The van der Waals surface area contributed by atoms with Crippen molar-refractivity contribution in [1.29, 1.82) is 0 Å². The zero-order valence-corrected chi connectivity index (χ0v) is 12.3. The monoisotopic (exact) mass is 274 g/mol. The van der Waals surface area contributed by atoms with Gasteiger partial charge in [-0.15, -0.1) is 0 Å². The van der Waals surface area contributed by atoms with E-state index in [4.69, 9.17) is 0 Å². The molecule has 2 rings (SSSR count). The first kappa shape index (κ1) is 14.6. The molecule has 1 fully saturated rings. The van der Waals surface area contributed by atoms with Gasteiger partial charge in [0.05, 0.1) is 0 Å². The Kier molecular flexibility index (Phi) is 4.42. The maximum atomic E-state index is 12.0. The van der Waals surface area contributed by atoms with Crippen LogP contribution >= 0.6 is 0 Å². The van der Waals surface area contributed by atoms with Gasteiger partial charge in [-0.2, -0.15) is 0 Å². The van der Waals surface area contributed by atoms with E-state index in [1.54, 1.807) is 0 Å². The minimum atomic E-state index is -0.0690. The van der Waals surface area contributed by atoms with E-state index in [1.165, 1.54) is 0 Å². The Balaban J connectivity index is 1.85. The predicted octanol–water partition coefficient (Wildman–Crippen LogP) is 1.98. The second kappa shape index (κ2) is 6.07. The molecule has 1 aliphatic rings. The predicted molar refractivity (Wildman–Crippen MR) is 78.5 cm³/mol. The third-order valence-corrected chi connectivity index (χ3v) is 3.73. The molecule has 108 valence electrons. The Morgan fingerprint density at radius 2 is 2.00 bits per heavy atom. The second-order valence-corrected chi connectivity index (χ2v) is 5.79. The van der Waals surface area contributed by atoms with Gasteiger partial charge in [0.2, 0.25) is 5.91 Å². The molecule has 0 aromatic heterocycles. The van der Waals surface area contributed by atoms with E-state index in [2.05, 4.69) is 5.32 Å². The van der Waals surface area contributed by atoms with Crippen LogP contribution in [0.1, 0.15) is 36.2 Å². The summed E-state index contributed by atoms with van der Waals surface area (Å²) in [5, 5.41) is 2.92. The highest BCUT2D eigenvalue weighted by molar-refractivity contribution is 5.94.